The Morgan fingerprint density at radius 2 is 2.18 bits per heavy atom. The molecule has 1 fully saturated rings. The minimum atomic E-state index is 0.866. The molecule has 1 aliphatic rings. The molecule has 66 valence electrons. The number of hydrogen-bond donors (Lipinski definition) is 0. The van der Waals surface area contributed by atoms with Crippen LogP contribution in [0.5, 0.6) is 0 Å². The maximum absolute atomic E-state index is 2.49. The summed E-state index contributed by atoms with van der Waals surface area (Å²) >= 11 is 1.90. The van der Waals surface area contributed by atoms with E-state index in [4.69, 9.17) is 0 Å². The summed E-state index contributed by atoms with van der Waals surface area (Å²) in [5.41, 5.74) is 0. The van der Waals surface area contributed by atoms with Crippen LogP contribution in [-0.2, 0) is 0 Å². The largest absolute Gasteiger partial charge is 0.251 e. The summed E-state index contributed by atoms with van der Waals surface area (Å²) in [5.74, 6) is 1.81. The van der Waals surface area contributed by atoms with E-state index in [0.717, 1.165) is 11.8 Å². The van der Waals surface area contributed by atoms with Crippen molar-refractivity contribution in [1.29, 1.82) is 0 Å². The van der Waals surface area contributed by atoms with Crippen molar-refractivity contribution in [2.45, 2.75) is 26.7 Å². The lowest BCUT2D eigenvalue weighted by Gasteiger charge is -2.32. The Morgan fingerprint density at radius 1 is 1.45 bits per heavy atom. The fraction of sp³-hybridized carbons (Fsp3) is 1.00. The molecule has 0 spiro atoms. The van der Waals surface area contributed by atoms with Crippen LogP contribution in [0.2, 0.25) is 0 Å². The van der Waals surface area contributed by atoms with Crippen molar-refractivity contribution >= 4 is 11.9 Å². The zero-order chi connectivity index (χ0) is 8.27. The van der Waals surface area contributed by atoms with E-state index < -0.39 is 0 Å². The zero-order valence-electron chi connectivity index (χ0n) is 7.84. The van der Waals surface area contributed by atoms with Gasteiger partial charge < -0.3 is 0 Å². The lowest BCUT2D eigenvalue weighted by atomic mass is 9.89. The van der Waals surface area contributed by atoms with Crippen LogP contribution >= 0.6 is 11.9 Å². The van der Waals surface area contributed by atoms with Gasteiger partial charge in [0.15, 0.2) is 0 Å². The monoisotopic (exact) mass is 173 g/mol. The summed E-state index contributed by atoms with van der Waals surface area (Å²) in [5, 5.41) is 0. The third-order valence-corrected chi connectivity index (χ3v) is 3.47. The van der Waals surface area contributed by atoms with Gasteiger partial charge in [0, 0.05) is 13.1 Å². The van der Waals surface area contributed by atoms with Gasteiger partial charge in [0.25, 0.3) is 0 Å². The van der Waals surface area contributed by atoms with E-state index in [1.54, 1.807) is 0 Å². The minimum Gasteiger partial charge on any atom is -0.251 e. The fourth-order valence-corrected chi connectivity index (χ4v) is 2.34. The SMILES string of the molecule is CSN1CCC[C@H](C(C)C)C1. The molecule has 2 heteroatoms. The summed E-state index contributed by atoms with van der Waals surface area (Å²) in [6.45, 7) is 7.28. The highest BCUT2D eigenvalue weighted by molar-refractivity contribution is 7.96. The molecule has 1 heterocycles. The molecular formula is C9H19NS. The van der Waals surface area contributed by atoms with Crippen LogP contribution < -0.4 is 0 Å². The molecule has 1 rings (SSSR count). The summed E-state index contributed by atoms with van der Waals surface area (Å²) in [4.78, 5) is 0. The molecule has 11 heavy (non-hydrogen) atoms. The first-order chi connectivity index (χ1) is 5.24. The number of hydrogen-bond acceptors (Lipinski definition) is 2. The average molecular weight is 173 g/mol. The van der Waals surface area contributed by atoms with Crippen LogP contribution in [0.15, 0.2) is 0 Å². The van der Waals surface area contributed by atoms with Gasteiger partial charge >= 0.3 is 0 Å². The van der Waals surface area contributed by atoms with Crippen LogP contribution in [0.1, 0.15) is 26.7 Å². The highest BCUT2D eigenvalue weighted by Gasteiger charge is 2.21. The Bertz CT molecular complexity index is 114. The highest BCUT2D eigenvalue weighted by Crippen LogP contribution is 2.26. The molecular weight excluding hydrogens is 154 g/mol. The van der Waals surface area contributed by atoms with Crippen molar-refractivity contribution in [3.8, 4) is 0 Å². The molecule has 0 aromatic heterocycles. The first-order valence-electron chi connectivity index (χ1n) is 4.53. The molecule has 0 aromatic rings. The van der Waals surface area contributed by atoms with Gasteiger partial charge in [0.2, 0.25) is 0 Å². The Morgan fingerprint density at radius 3 is 2.73 bits per heavy atom. The maximum Gasteiger partial charge on any atom is 0.0120 e. The molecule has 0 radical (unpaired) electrons. The Hall–Kier alpha value is 0.310. The molecule has 0 amide bonds. The van der Waals surface area contributed by atoms with Crippen molar-refractivity contribution in [2.75, 3.05) is 19.3 Å². The third kappa shape index (κ3) is 2.68. The minimum absolute atomic E-state index is 0.866. The second-order valence-electron chi connectivity index (χ2n) is 3.72. The number of rotatable bonds is 2. The van der Waals surface area contributed by atoms with Gasteiger partial charge in [-0.15, -0.1) is 0 Å². The normalized spacial score (nSPS) is 27.8. The Kier molecular flexibility index (Phi) is 3.73. The fourth-order valence-electron chi connectivity index (χ4n) is 1.68. The predicted octanol–water partition coefficient (Wildman–Crippen LogP) is 2.63. The van der Waals surface area contributed by atoms with Gasteiger partial charge in [-0.25, -0.2) is 0 Å². The molecule has 0 saturated carbocycles. The second-order valence-corrected chi connectivity index (χ2v) is 4.60. The zero-order valence-corrected chi connectivity index (χ0v) is 8.66. The van der Waals surface area contributed by atoms with Gasteiger partial charge in [0.1, 0.15) is 0 Å². The smallest absolute Gasteiger partial charge is 0.0120 e. The Balaban J connectivity index is 2.33. The van der Waals surface area contributed by atoms with E-state index in [1.807, 2.05) is 11.9 Å². The van der Waals surface area contributed by atoms with Crippen molar-refractivity contribution < 1.29 is 0 Å². The van der Waals surface area contributed by atoms with Gasteiger partial charge in [0.05, 0.1) is 0 Å². The van der Waals surface area contributed by atoms with Crippen LogP contribution in [-0.4, -0.2) is 23.7 Å². The first-order valence-corrected chi connectivity index (χ1v) is 5.71. The summed E-state index contributed by atoms with van der Waals surface area (Å²) in [6, 6.07) is 0. The van der Waals surface area contributed by atoms with E-state index in [0.29, 0.717) is 0 Å². The van der Waals surface area contributed by atoms with Crippen molar-refractivity contribution in [1.82, 2.24) is 4.31 Å². The Labute approximate surface area is 74.7 Å². The third-order valence-electron chi connectivity index (χ3n) is 2.62. The average Bonchev–Trinajstić information content (AvgIpc) is 2.05. The molecule has 0 bridgehead atoms. The lowest BCUT2D eigenvalue weighted by molar-refractivity contribution is 0.231. The molecule has 0 aliphatic carbocycles. The second kappa shape index (κ2) is 4.36. The lowest BCUT2D eigenvalue weighted by Crippen LogP contribution is -2.32. The van der Waals surface area contributed by atoms with Crippen molar-refractivity contribution in [3.05, 3.63) is 0 Å². The molecule has 0 N–H and O–H groups in total. The molecule has 0 unspecified atom stereocenters. The van der Waals surface area contributed by atoms with Crippen LogP contribution in [0.25, 0.3) is 0 Å². The van der Waals surface area contributed by atoms with Crippen molar-refractivity contribution in [3.63, 3.8) is 0 Å². The van der Waals surface area contributed by atoms with Gasteiger partial charge in [-0.2, -0.15) is 0 Å². The van der Waals surface area contributed by atoms with E-state index in [1.165, 1.54) is 25.9 Å². The summed E-state index contributed by atoms with van der Waals surface area (Å²) in [7, 11) is 0. The van der Waals surface area contributed by atoms with Gasteiger partial charge in [-0.1, -0.05) is 25.8 Å². The molecule has 0 aromatic carbocycles. The first kappa shape index (κ1) is 9.40. The quantitative estimate of drug-likeness (QED) is 0.591. The highest BCUT2D eigenvalue weighted by atomic mass is 32.2. The van der Waals surface area contributed by atoms with Gasteiger partial charge in [-0.3, -0.25) is 4.31 Å². The summed E-state index contributed by atoms with van der Waals surface area (Å²) in [6.07, 6.45) is 5.02. The van der Waals surface area contributed by atoms with Crippen LogP contribution in [0.4, 0.5) is 0 Å². The summed E-state index contributed by atoms with van der Waals surface area (Å²) < 4.78 is 2.49. The van der Waals surface area contributed by atoms with E-state index >= 15 is 0 Å². The number of piperidine rings is 1. The van der Waals surface area contributed by atoms with E-state index in [2.05, 4.69) is 24.4 Å². The maximum atomic E-state index is 2.49. The molecule has 1 atom stereocenters. The number of nitrogens with zero attached hydrogens (tertiary/aromatic N) is 1. The van der Waals surface area contributed by atoms with Crippen molar-refractivity contribution in [2.24, 2.45) is 11.8 Å². The standard InChI is InChI=1S/C9H19NS/c1-8(2)9-5-4-6-10(7-9)11-3/h8-9H,4-7H2,1-3H3/t9-/m0/s1. The predicted molar refractivity (Wildman–Crippen MR) is 52.7 cm³/mol. The molecule has 1 nitrogen and oxygen atoms in total. The molecule has 1 aliphatic heterocycles. The van der Waals surface area contributed by atoms with E-state index in [-0.39, 0.29) is 0 Å². The van der Waals surface area contributed by atoms with Crippen LogP contribution in [0, 0.1) is 11.8 Å². The molecule has 1 saturated heterocycles. The van der Waals surface area contributed by atoms with Crippen LogP contribution in [0.3, 0.4) is 0 Å². The van der Waals surface area contributed by atoms with E-state index in [9.17, 15) is 0 Å². The topological polar surface area (TPSA) is 3.24 Å². The van der Waals surface area contributed by atoms with Gasteiger partial charge in [-0.05, 0) is 30.9 Å².